The number of hydrogen-bond acceptors (Lipinski definition) is 7. The molecule has 52 heavy (non-hydrogen) atoms. The topological polar surface area (TPSA) is 96.4 Å². The van der Waals surface area contributed by atoms with Crippen LogP contribution in [0.25, 0.3) is 11.1 Å². The Hall–Kier alpha value is -4.95. The summed E-state index contributed by atoms with van der Waals surface area (Å²) < 4.78 is 57.0. The highest BCUT2D eigenvalue weighted by Gasteiger charge is 2.31. The molecule has 2 heterocycles. The van der Waals surface area contributed by atoms with Gasteiger partial charge in [0.2, 0.25) is 5.91 Å². The molecule has 0 aliphatic rings. The van der Waals surface area contributed by atoms with Gasteiger partial charge in [-0.3, -0.25) is 14.7 Å². The number of rotatable bonds is 16. The molecule has 0 saturated carbocycles. The number of likely N-dealkylation sites (N-methyl/N-ethyl adjacent to an activating group) is 1. The summed E-state index contributed by atoms with van der Waals surface area (Å²) in [6.07, 6.45) is 0.292. The molecule has 1 unspecified atom stereocenters. The predicted molar refractivity (Wildman–Crippen MR) is 192 cm³/mol. The summed E-state index contributed by atoms with van der Waals surface area (Å²) in [5.41, 5.74) is 4.04. The van der Waals surface area contributed by atoms with E-state index in [1.807, 2.05) is 31.2 Å². The van der Waals surface area contributed by atoms with Crippen molar-refractivity contribution in [2.75, 3.05) is 26.2 Å². The van der Waals surface area contributed by atoms with E-state index in [1.54, 1.807) is 52.3 Å². The number of aromatic nitrogens is 4. The summed E-state index contributed by atoms with van der Waals surface area (Å²) in [6.45, 7) is 8.99. The number of carbonyl (C=O) groups excluding carboxylic acids is 1. The van der Waals surface area contributed by atoms with Gasteiger partial charge in [-0.05, 0) is 65.2 Å². The van der Waals surface area contributed by atoms with E-state index in [1.165, 1.54) is 36.0 Å². The maximum atomic E-state index is 14.2. The Bertz CT molecular complexity index is 1950. The maximum absolute atomic E-state index is 14.2. The fourth-order valence-electron chi connectivity index (χ4n) is 5.64. The first-order chi connectivity index (χ1) is 24.9. The quantitative estimate of drug-likeness (QED) is 0.0638. The highest BCUT2D eigenvalue weighted by atomic mass is 32.2. The van der Waals surface area contributed by atoms with E-state index in [-0.39, 0.29) is 29.9 Å². The highest BCUT2D eigenvalue weighted by Crippen LogP contribution is 2.28. The molecule has 1 amide bonds. The Morgan fingerprint density at radius 3 is 2.17 bits per heavy atom. The largest absolute Gasteiger partial charge is 0.573 e. The Labute approximate surface area is 303 Å². The van der Waals surface area contributed by atoms with Crippen molar-refractivity contribution in [1.82, 2.24) is 29.5 Å². The molecule has 3 aromatic carbocycles. The van der Waals surface area contributed by atoms with E-state index in [4.69, 9.17) is 0 Å². The van der Waals surface area contributed by atoms with E-state index < -0.39 is 11.9 Å². The van der Waals surface area contributed by atoms with Crippen molar-refractivity contribution in [2.45, 2.75) is 57.1 Å². The number of ether oxygens (including phenoxy) is 1. The molecule has 0 radical (unpaired) electrons. The number of nitrogens with zero attached hydrogens (tertiary/aromatic N) is 5. The number of halogens is 4. The third-order valence-corrected chi connectivity index (χ3v) is 9.80. The fraction of sp³-hybridized carbons (Fsp3) is 0.316. The molecular weight excluding hydrogens is 697 g/mol. The third kappa shape index (κ3) is 10.5. The summed E-state index contributed by atoms with van der Waals surface area (Å²) in [5.74, 6) is -0.740. The van der Waals surface area contributed by atoms with Gasteiger partial charge in [-0.25, -0.2) is 4.39 Å². The lowest BCUT2D eigenvalue weighted by molar-refractivity contribution is -0.274. The molecule has 1 atom stereocenters. The van der Waals surface area contributed by atoms with Crippen LogP contribution < -0.4 is 10.3 Å². The normalized spacial score (nSPS) is 12.2. The van der Waals surface area contributed by atoms with E-state index >= 15 is 0 Å². The summed E-state index contributed by atoms with van der Waals surface area (Å²) in [5, 5.41) is 7.16. The van der Waals surface area contributed by atoms with Crippen molar-refractivity contribution in [3.8, 4) is 16.9 Å². The lowest BCUT2D eigenvalue weighted by atomic mass is 9.98. The number of aromatic amines is 1. The number of hydrogen-bond donors (Lipinski definition) is 1. The van der Waals surface area contributed by atoms with Gasteiger partial charge in [-0.1, -0.05) is 81.1 Å². The van der Waals surface area contributed by atoms with Gasteiger partial charge in [-0.15, -0.1) is 13.2 Å². The Morgan fingerprint density at radius 1 is 0.942 bits per heavy atom. The average Bonchev–Trinajstić information content (AvgIpc) is 3.67. The maximum Gasteiger partial charge on any atom is 0.573 e. The lowest BCUT2D eigenvalue weighted by Crippen LogP contribution is -2.40. The lowest BCUT2D eigenvalue weighted by Gasteiger charge is -2.27. The number of amides is 1. The second-order valence-electron chi connectivity index (χ2n) is 12.2. The van der Waals surface area contributed by atoms with Crippen LogP contribution in [-0.4, -0.2) is 68.0 Å². The summed E-state index contributed by atoms with van der Waals surface area (Å²) in [4.78, 5) is 36.0. The first kappa shape index (κ1) is 38.3. The van der Waals surface area contributed by atoms with E-state index in [2.05, 4.69) is 38.7 Å². The van der Waals surface area contributed by atoms with Crippen LogP contribution in [-0.2, 0) is 23.6 Å². The molecule has 5 aromatic rings. The van der Waals surface area contributed by atoms with Crippen LogP contribution in [0.5, 0.6) is 5.75 Å². The molecule has 0 aliphatic carbocycles. The molecule has 0 bridgehead atoms. The van der Waals surface area contributed by atoms with Gasteiger partial charge in [0.25, 0.3) is 5.56 Å². The van der Waals surface area contributed by atoms with Crippen LogP contribution in [0.3, 0.4) is 0 Å². The Morgan fingerprint density at radius 2 is 1.58 bits per heavy atom. The van der Waals surface area contributed by atoms with Crippen LogP contribution in [0.4, 0.5) is 17.6 Å². The number of H-pyrrole nitrogens is 1. The van der Waals surface area contributed by atoms with Crippen molar-refractivity contribution in [3.63, 3.8) is 0 Å². The van der Waals surface area contributed by atoms with Crippen LogP contribution >= 0.6 is 11.8 Å². The minimum atomic E-state index is -4.77. The molecule has 0 fully saturated rings. The fourth-order valence-corrected chi connectivity index (χ4v) is 6.56. The van der Waals surface area contributed by atoms with Crippen LogP contribution in [0, 0.1) is 5.82 Å². The van der Waals surface area contributed by atoms with Gasteiger partial charge in [0.1, 0.15) is 18.1 Å². The molecule has 1 N–H and O–H groups in total. The monoisotopic (exact) mass is 736 g/mol. The molecule has 0 aliphatic heterocycles. The van der Waals surface area contributed by atoms with Gasteiger partial charge in [0.15, 0.2) is 5.16 Å². The first-order valence-corrected chi connectivity index (χ1v) is 17.8. The standard InChI is InChI=1S/C38H40F4N6O3S/c1-4-46(5-2)18-19-47(22-27-6-10-29(11-7-27)30-12-16-33(17-13-30)51-38(40,41)42)35(49)24-48-23-34(26(3)31-20-43-44-21-31)36(50)45-37(48)52-25-28-8-14-32(39)15-9-28/h6-17,20-21,23,26H,4-5,18-19,22,24-25H2,1-3H3,(H,43,44). The van der Waals surface area contributed by atoms with Crippen molar-refractivity contribution < 1.29 is 27.1 Å². The number of benzene rings is 3. The minimum Gasteiger partial charge on any atom is -0.406 e. The van der Waals surface area contributed by atoms with E-state index in [9.17, 15) is 27.2 Å². The SMILES string of the molecule is CCN(CC)CCN(Cc1ccc(-c2ccc(OC(F)(F)F)cc2)cc1)C(=O)Cn1cc(C(C)c2cn[nH]c2)c(=O)nc1SCc1ccc(F)cc1. The molecule has 2 aromatic heterocycles. The van der Waals surface area contributed by atoms with Gasteiger partial charge < -0.3 is 19.1 Å². The highest BCUT2D eigenvalue weighted by molar-refractivity contribution is 7.98. The molecule has 0 saturated heterocycles. The van der Waals surface area contributed by atoms with Gasteiger partial charge in [0, 0.05) is 49.3 Å². The second-order valence-corrected chi connectivity index (χ2v) is 13.1. The number of nitrogens with one attached hydrogen (secondary N) is 1. The van der Waals surface area contributed by atoms with Crippen LogP contribution in [0.15, 0.2) is 101 Å². The first-order valence-electron chi connectivity index (χ1n) is 16.8. The Balaban J connectivity index is 1.39. The third-order valence-electron chi connectivity index (χ3n) is 8.74. The predicted octanol–water partition coefficient (Wildman–Crippen LogP) is 7.49. The number of alkyl halides is 3. The molecule has 0 spiro atoms. The number of thioether (sulfide) groups is 1. The number of carbonyl (C=O) groups is 1. The smallest absolute Gasteiger partial charge is 0.406 e. The van der Waals surface area contributed by atoms with E-state index in [0.717, 1.165) is 35.3 Å². The molecular formula is C38H40F4N6O3S. The van der Waals surface area contributed by atoms with Crippen molar-refractivity contribution in [2.24, 2.45) is 0 Å². The zero-order valence-corrected chi connectivity index (χ0v) is 29.9. The van der Waals surface area contributed by atoms with Crippen molar-refractivity contribution >= 4 is 17.7 Å². The van der Waals surface area contributed by atoms with Crippen molar-refractivity contribution in [3.05, 3.63) is 130 Å². The minimum absolute atomic E-state index is 0.0766. The van der Waals surface area contributed by atoms with Crippen LogP contribution in [0.2, 0.25) is 0 Å². The summed E-state index contributed by atoms with van der Waals surface area (Å²) in [6, 6.07) is 19.2. The summed E-state index contributed by atoms with van der Waals surface area (Å²) >= 11 is 1.29. The van der Waals surface area contributed by atoms with Gasteiger partial charge in [-0.2, -0.15) is 10.1 Å². The summed E-state index contributed by atoms with van der Waals surface area (Å²) in [7, 11) is 0. The molecule has 274 valence electrons. The van der Waals surface area contributed by atoms with Crippen LogP contribution in [0.1, 0.15) is 48.9 Å². The molecule has 9 nitrogen and oxygen atoms in total. The molecule has 14 heteroatoms. The second kappa shape index (κ2) is 17.5. The van der Waals surface area contributed by atoms with Crippen molar-refractivity contribution in [1.29, 1.82) is 0 Å². The average molecular weight is 737 g/mol. The van der Waals surface area contributed by atoms with Gasteiger partial charge >= 0.3 is 6.36 Å². The zero-order chi connectivity index (χ0) is 37.3. The Kier molecular flexibility index (Phi) is 12.9. The van der Waals surface area contributed by atoms with Gasteiger partial charge in [0.05, 0.1) is 6.20 Å². The zero-order valence-electron chi connectivity index (χ0n) is 29.1. The van der Waals surface area contributed by atoms with E-state index in [0.29, 0.717) is 41.7 Å². The molecule has 5 rings (SSSR count).